The van der Waals surface area contributed by atoms with E-state index in [1.165, 1.54) is 18.2 Å². The van der Waals surface area contributed by atoms with Crippen molar-refractivity contribution in [3.63, 3.8) is 0 Å². The first-order chi connectivity index (χ1) is 7.65. The van der Waals surface area contributed by atoms with Crippen LogP contribution in [0.25, 0.3) is 6.08 Å². The van der Waals surface area contributed by atoms with Gasteiger partial charge >= 0.3 is 0 Å². The maximum absolute atomic E-state index is 11.6. The number of aromatic hydroxyl groups is 2. The summed E-state index contributed by atoms with van der Waals surface area (Å²) in [5.74, 6) is 0.194. The van der Waals surface area contributed by atoms with Crippen LogP contribution in [0.1, 0.15) is 31.2 Å². The lowest BCUT2D eigenvalue weighted by Crippen LogP contribution is -2.07. The fourth-order valence-corrected chi connectivity index (χ4v) is 1.96. The number of allylic oxidation sites excluding steroid dienone is 1. The lowest BCUT2D eigenvalue weighted by atomic mass is 9.92. The smallest absolute Gasteiger partial charge is 0.158 e. The third-order valence-corrected chi connectivity index (χ3v) is 2.72. The van der Waals surface area contributed by atoms with E-state index < -0.39 is 0 Å². The summed E-state index contributed by atoms with van der Waals surface area (Å²) in [5.41, 5.74) is 1.46. The van der Waals surface area contributed by atoms with E-state index in [1.54, 1.807) is 6.08 Å². The number of phenolic OH excluding ortho intramolecular Hbond substituents is 2. The number of carbonyl (C=O) groups is 1. The van der Waals surface area contributed by atoms with Gasteiger partial charge in [0, 0.05) is 12.5 Å². The van der Waals surface area contributed by atoms with Crippen molar-refractivity contribution in [1.29, 1.82) is 0 Å². The van der Waals surface area contributed by atoms with Gasteiger partial charge in [0.05, 0.1) is 0 Å². The van der Waals surface area contributed by atoms with Gasteiger partial charge in [-0.05, 0) is 48.6 Å². The van der Waals surface area contributed by atoms with Gasteiger partial charge in [0.25, 0.3) is 0 Å². The largest absolute Gasteiger partial charge is 0.508 e. The molecular weight excluding hydrogens is 204 g/mol. The number of rotatable bonds is 1. The molecule has 16 heavy (non-hydrogen) atoms. The lowest BCUT2D eigenvalue weighted by Gasteiger charge is -2.12. The summed E-state index contributed by atoms with van der Waals surface area (Å²) in [4.78, 5) is 11.6. The van der Waals surface area contributed by atoms with Crippen LogP contribution in [0.3, 0.4) is 0 Å². The summed E-state index contributed by atoms with van der Waals surface area (Å²) in [6, 6.07) is 4.34. The lowest BCUT2D eigenvalue weighted by molar-refractivity contribution is -0.116. The molecule has 0 saturated heterocycles. The Hall–Kier alpha value is -1.77. The Morgan fingerprint density at radius 2 is 1.62 bits per heavy atom. The molecule has 2 N–H and O–H groups in total. The van der Waals surface area contributed by atoms with Crippen LogP contribution in [-0.4, -0.2) is 16.0 Å². The average molecular weight is 218 g/mol. The van der Waals surface area contributed by atoms with Crippen LogP contribution >= 0.6 is 0 Å². The van der Waals surface area contributed by atoms with Crippen molar-refractivity contribution in [1.82, 2.24) is 0 Å². The topological polar surface area (TPSA) is 57.5 Å². The van der Waals surface area contributed by atoms with E-state index in [0.717, 1.165) is 24.8 Å². The van der Waals surface area contributed by atoms with Crippen LogP contribution in [0.5, 0.6) is 11.5 Å². The van der Waals surface area contributed by atoms with Gasteiger partial charge in [-0.1, -0.05) is 0 Å². The highest BCUT2D eigenvalue weighted by molar-refractivity contribution is 6.00. The van der Waals surface area contributed by atoms with Gasteiger partial charge in [0.2, 0.25) is 0 Å². The van der Waals surface area contributed by atoms with Gasteiger partial charge in [0.15, 0.2) is 5.78 Å². The minimum atomic E-state index is 0.00936. The molecule has 1 aromatic rings. The van der Waals surface area contributed by atoms with Crippen molar-refractivity contribution in [3.8, 4) is 11.5 Å². The molecule has 0 aliphatic heterocycles. The monoisotopic (exact) mass is 218 g/mol. The summed E-state index contributed by atoms with van der Waals surface area (Å²) in [5, 5.41) is 18.6. The number of ketones is 1. The third kappa shape index (κ3) is 2.42. The highest BCUT2D eigenvalue weighted by Gasteiger charge is 2.14. The minimum Gasteiger partial charge on any atom is -0.508 e. The molecule has 1 fully saturated rings. The molecule has 1 aliphatic carbocycles. The molecule has 0 bridgehead atoms. The number of benzene rings is 1. The first-order valence-corrected chi connectivity index (χ1v) is 5.42. The Labute approximate surface area is 94.0 Å². The second-order valence-electron chi connectivity index (χ2n) is 4.08. The standard InChI is InChI=1S/C13H14O3/c14-11-6-9(7-12(15)8-11)5-10-3-1-2-4-13(10)16/h5-8,14-15H,1-4H2/b10-5+. The van der Waals surface area contributed by atoms with Crippen LogP contribution in [0.4, 0.5) is 0 Å². The highest BCUT2D eigenvalue weighted by atomic mass is 16.3. The van der Waals surface area contributed by atoms with Crippen LogP contribution in [0.2, 0.25) is 0 Å². The van der Waals surface area contributed by atoms with Crippen molar-refractivity contribution in [3.05, 3.63) is 29.3 Å². The molecule has 2 rings (SSSR count). The Morgan fingerprint density at radius 3 is 2.25 bits per heavy atom. The molecule has 3 heteroatoms. The average Bonchev–Trinajstić information content (AvgIpc) is 2.20. The normalized spacial score (nSPS) is 19.0. The van der Waals surface area contributed by atoms with Crippen LogP contribution in [0.15, 0.2) is 23.8 Å². The van der Waals surface area contributed by atoms with Crippen molar-refractivity contribution in [2.24, 2.45) is 0 Å². The van der Waals surface area contributed by atoms with Gasteiger partial charge in [-0.25, -0.2) is 0 Å². The molecule has 0 amide bonds. The Morgan fingerprint density at radius 1 is 1.00 bits per heavy atom. The van der Waals surface area contributed by atoms with Crippen LogP contribution in [0, 0.1) is 0 Å². The Balaban J connectivity index is 2.30. The molecular formula is C13H14O3. The quantitative estimate of drug-likeness (QED) is 0.712. The third-order valence-electron chi connectivity index (χ3n) is 2.72. The Kier molecular flexibility index (Phi) is 2.95. The summed E-state index contributed by atoms with van der Waals surface area (Å²) >= 11 is 0. The predicted molar refractivity (Wildman–Crippen MR) is 61.2 cm³/mol. The van der Waals surface area contributed by atoms with Crippen molar-refractivity contribution in [2.45, 2.75) is 25.7 Å². The fourth-order valence-electron chi connectivity index (χ4n) is 1.96. The van der Waals surface area contributed by atoms with E-state index in [9.17, 15) is 15.0 Å². The summed E-state index contributed by atoms with van der Waals surface area (Å²) in [7, 11) is 0. The van der Waals surface area contributed by atoms with Gasteiger partial charge in [-0.2, -0.15) is 0 Å². The molecule has 0 atom stereocenters. The molecule has 1 saturated carbocycles. The summed E-state index contributed by atoms with van der Waals surface area (Å²) in [6.45, 7) is 0. The Bertz CT molecular complexity index is 426. The zero-order valence-corrected chi connectivity index (χ0v) is 8.94. The highest BCUT2D eigenvalue weighted by Crippen LogP contribution is 2.26. The SMILES string of the molecule is O=C1CCCC/C1=C\c1cc(O)cc(O)c1. The van der Waals surface area contributed by atoms with Crippen molar-refractivity contribution < 1.29 is 15.0 Å². The van der Waals surface area contributed by atoms with Gasteiger partial charge in [-0.15, -0.1) is 0 Å². The molecule has 1 aliphatic rings. The molecule has 84 valence electrons. The molecule has 1 aromatic carbocycles. The fraction of sp³-hybridized carbons (Fsp3) is 0.308. The van der Waals surface area contributed by atoms with E-state index in [2.05, 4.69) is 0 Å². The van der Waals surface area contributed by atoms with Crippen molar-refractivity contribution >= 4 is 11.9 Å². The zero-order chi connectivity index (χ0) is 11.5. The number of Topliss-reactive ketones (excluding diaryl/α,β-unsaturated/α-hetero) is 1. The molecule has 0 aromatic heterocycles. The van der Waals surface area contributed by atoms with E-state index >= 15 is 0 Å². The van der Waals surface area contributed by atoms with Gasteiger partial charge in [0.1, 0.15) is 11.5 Å². The maximum Gasteiger partial charge on any atom is 0.158 e. The first kappa shape index (κ1) is 10.7. The molecule has 0 unspecified atom stereocenters. The van der Waals surface area contributed by atoms with Crippen molar-refractivity contribution in [2.75, 3.05) is 0 Å². The van der Waals surface area contributed by atoms with Crippen LogP contribution in [-0.2, 0) is 4.79 Å². The summed E-state index contributed by atoms with van der Waals surface area (Å²) < 4.78 is 0. The van der Waals surface area contributed by atoms with Gasteiger partial charge < -0.3 is 10.2 Å². The van der Waals surface area contributed by atoms with E-state index in [0.29, 0.717) is 12.0 Å². The number of hydrogen-bond donors (Lipinski definition) is 2. The number of hydrogen-bond acceptors (Lipinski definition) is 3. The molecule has 3 nitrogen and oxygen atoms in total. The van der Waals surface area contributed by atoms with Gasteiger partial charge in [-0.3, -0.25) is 4.79 Å². The van der Waals surface area contributed by atoms with E-state index in [4.69, 9.17) is 0 Å². The predicted octanol–water partition coefficient (Wildman–Crippen LogP) is 2.62. The maximum atomic E-state index is 11.6. The zero-order valence-electron chi connectivity index (χ0n) is 8.94. The summed E-state index contributed by atoms with van der Waals surface area (Å²) in [6.07, 6.45) is 5.14. The van der Waals surface area contributed by atoms with E-state index in [-0.39, 0.29) is 17.3 Å². The van der Waals surface area contributed by atoms with E-state index in [1.807, 2.05) is 0 Å². The second kappa shape index (κ2) is 4.39. The number of phenols is 2. The second-order valence-corrected chi connectivity index (χ2v) is 4.08. The molecule has 0 heterocycles. The first-order valence-electron chi connectivity index (χ1n) is 5.42. The van der Waals surface area contributed by atoms with Crippen LogP contribution < -0.4 is 0 Å². The molecule has 0 radical (unpaired) electrons. The molecule has 0 spiro atoms. The minimum absolute atomic E-state index is 0.00936. The number of carbonyl (C=O) groups excluding carboxylic acids is 1.